The van der Waals surface area contributed by atoms with E-state index in [1.165, 1.54) is 84.2 Å². The number of nitrogens with zero attached hydrogens (tertiary/aromatic N) is 6. The molecule has 0 spiro atoms. The molecule has 0 aliphatic rings. The minimum Gasteiger partial charge on any atom is -0.457 e. The van der Waals surface area contributed by atoms with Crippen molar-refractivity contribution in [2.75, 3.05) is 0 Å². The molecular weight excluding hydrogens is 1700 g/mol. The minimum absolute atomic E-state index is 0.780. The molecule has 3 heterocycles. The summed E-state index contributed by atoms with van der Waals surface area (Å²) in [5.74, 6) is 10.3. The number of ether oxygens (including phenoxy) is 5. The van der Waals surface area contributed by atoms with Crippen LogP contribution in [0.4, 0.5) is 0 Å². The summed E-state index contributed by atoms with van der Waals surface area (Å²) in [5.41, 5.74) is 25.8. The maximum Gasteiger partial charge on any atom is 0.159 e. The van der Waals surface area contributed by atoms with E-state index < -0.39 is 0 Å². The van der Waals surface area contributed by atoms with E-state index in [9.17, 15) is 0 Å². The molecule has 0 aliphatic carbocycles. The van der Waals surface area contributed by atoms with Gasteiger partial charge >= 0.3 is 0 Å². The Hall–Kier alpha value is -17.8. The Labute approximate surface area is 817 Å². The molecule has 0 N–H and O–H groups in total. The van der Waals surface area contributed by atoms with E-state index in [1.54, 1.807) is 12.4 Å². The van der Waals surface area contributed by atoms with Gasteiger partial charge < -0.3 is 23.7 Å². The fourth-order valence-electron chi connectivity index (χ4n) is 14.6. The second-order valence-corrected chi connectivity index (χ2v) is 32.7. The van der Waals surface area contributed by atoms with E-state index in [-0.39, 0.29) is 0 Å². The van der Waals surface area contributed by atoms with Crippen molar-refractivity contribution >= 4 is 0 Å². The molecule has 0 atom stereocenters. The first-order valence-corrected chi connectivity index (χ1v) is 46.2. The molecule has 21 rings (SSSR count). The largest absolute Gasteiger partial charge is 0.457 e. The number of hydrogen-bond donors (Lipinski definition) is 0. The van der Waals surface area contributed by atoms with Gasteiger partial charge in [0.1, 0.15) is 63.8 Å². The van der Waals surface area contributed by atoms with E-state index >= 15 is 0 Å². The summed E-state index contributed by atoms with van der Waals surface area (Å²) in [7, 11) is 0. The van der Waals surface area contributed by atoms with Crippen molar-refractivity contribution in [3.05, 3.63) is 567 Å². The lowest BCUT2D eigenvalue weighted by Gasteiger charge is -2.12. The van der Waals surface area contributed by atoms with Crippen LogP contribution in [0.25, 0.3) is 89.5 Å². The molecule has 139 heavy (non-hydrogen) atoms. The summed E-state index contributed by atoms with van der Waals surface area (Å²) in [6.45, 7) is 16.6. The van der Waals surface area contributed by atoms with Crippen LogP contribution in [0.5, 0.6) is 57.5 Å². The molecule has 0 amide bonds. The number of benzene rings is 18. The lowest BCUT2D eigenvalue weighted by molar-refractivity contribution is 0.479. The van der Waals surface area contributed by atoms with Gasteiger partial charge in [-0.05, 0) is 265 Å². The maximum absolute atomic E-state index is 5.97. The Balaban J connectivity index is 0.000000127. The molecule has 11 heteroatoms. The monoisotopic (exact) mass is 1810 g/mol. The predicted molar refractivity (Wildman–Crippen MR) is 572 cm³/mol. The second kappa shape index (κ2) is 52.0. The first kappa shape index (κ1) is 97.2. The van der Waals surface area contributed by atoms with Gasteiger partial charge in [0.15, 0.2) is 11.6 Å². The van der Waals surface area contributed by atoms with E-state index in [0.717, 1.165) is 114 Å². The molecule has 682 valence electrons. The van der Waals surface area contributed by atoms with Gasteiger partial charge in [0.2, 0.25) is 0 Å². The highest BCUT2D eigenvalue weighted by Gasteiger charge is 2.13. The van der Waals surface area contributed by atoms with Gasteiger partial charge in [-0.3, -0.25) is 0 Å². The van der Waals surface area contributed by atoms with Crippen LogP contribution in [0.1, 0.15) is 44.5 Å². The summed E-state index contributed by atoms with van der Waals surface area (Å²) in [6, 6.07) is 161. The molecule has 21 aromatic rings. The third kappa shape index (κ3) is 30.9. The van der Waals surface area contributed by atoms with E-state index in [2.05, 4.69) is 291 Å². The topological polar surface area (TPSA) is 123 Å². The van der Waals surface area contributed by atoms with Crippen molar-refractivity contribution in [1.82, 2.24) is 29.9 Å². The van der Waals surface area contributed by atoms with Crippen molar-refractivity contribution in [1.29, 1.82) is 0 Å². The smallest absolute Gasteiger partial charge is 0.159 e. The minimum atomic E-state index is 0.780. The van der Waals surface area contributed by atoms with Crippen LogP contribution in [0.3, 0.4) is 0 Å². The molecule has 11 nitrogen and oxygen atoms in total. The zero-order chi connectivity index (χ0) is 96.2. The third-order valence-electron chi connectivity index (χ3n) is 21.9. The molecule has 0 aliphatic heterocycles. The van der Waals surface area contributed by atoms with Crippen LogP contribution in [0, 0.1) is 55.4 Å². The predicted octanol–water partition coefficient (Wildman–Crippen LogP) is 34.6. The van der Waals surface area contributed by atoms with Crippen LogP contribution in [-0.4, -0.2) is 29.9 Å². The average molecular weight is 1810 g/mol. The van der Waals surface area contributed by atoms with Crippen molar-refractivity contribution in [3.63, 3.8) is 0 Å². The summed E-state index contributed by atoms with van der Waals surface area (Å²) in [4.78, 5) is 24.8. The summed E-state index contributed by atoms with van der Waals surface area (Å²) in [5, 5.41) is 0. The van der Waals surface area contributed by atoms with Gasteiger partial charge in [0.25, 0.3) is 0 Å². The highest BCUT2D eigenvalue weighted by molar-refractivity contribution is 5.73. The number of aromatic nitrogens is 6. The summed E-state index contributed by atoms with van der Waals surface area (Å²) < 4.78 is 29.6. The highest BCUT2D eigenvalue weighted by Crippen LogP contribution is 2.37. The standard InChI is InChI=1S/5C19H16O.3C11H10N2/c1-15-18(16-9-4-2-5-10-16)13-8-14-19(15)20-17-11-6-3-7-12-17;1-15-12-17(16-8-4-2-5-9-16)14-19(13-15)20-18-10-6-3-7-11-18;1-15-14-17(16-8-4-2-5-9-16)12-13-19(15)20-18-10-6-3-7-11-18;1-15-14-18(20-17-10-6-3-7-11-17)12-13-19(15)16-8-4-2-5-9-16;1-15-12-13-17(16-8-4-2-5-9-16)14-19(15)20-18-10-6-3-7-11-18;1-9-3-5-10(6-4-9)11-12-7-2-8-13-11;1-9-2-4-10(5-3-9)11-6-12-8-13-7-11;1-9-7-12-11(13-8-9)10-5-3-2-4-6-10/h5*2-14H,1H3;3*2-8H,1H3. The fraction of sp³-hybridized carbons (Fsp3) is 0.0625. The quantitative estimate of drug-likeness (QED) is 0.0816. The zero-order valence-electron chi connectivity index (χ0n) is 79.4. The van der Waals surface area contributed by atoms with Gasteiger partial charge in [-0.2, -0.15) is 0 Å². The van der Waals surface area contributed by atoms with Crippen molar-refractivity contribution < 1.29 is 23.7 Å². The van der Waals surface area contributed by atoms with Gasteiger partial charge in [-0.1, -0.05) is 375 Å². The number of rotatable bonds is 18. The third-order valence-corrected chi connectivity index (χ3v) is 21.9. The Kier molecular flexibility index (Phi) is 36.4. The lowest BCUT2D eigenvalue weighted by atomic mass is 10.00. The first-order valence-electron chi connectivity index (χ1n) is 46.2. The zero-order valence-corrected chi connectivity index (χ0v) is 79.4. The van der Waals surface area contributed by atoms with Gasteiger partial charge in [-0.15, -0.1) is 0 Å². The molecule has 0 bridgehead atoms. The molecule has 18 aromatic carbocycles. The average Bonchev–Trinajstić information content (AvgIpc) is 0.836. The summed E-state index contributed by atoms with van der Waals surface area (Å²) in [6.07, 6.45) is 12.3. The first-order chi connectivity index (χ1) is 68.2. The second-order valence-electron chi connectivity index (χ2n) is 32.7. The van der Waals surface area contributed by atoms with E-state index in [4.69, 9.17) is 23.7 Å². The number of aryl methyl sites for hydroxylation is 7. The van der Waals surface area contributed by atoms with E-state index in [0.29, 0.717) is 0 Å². The van der Waals surface area contributed by atoms with Gasteiger partial charge in [0.05, 0.1) is 0 Å². The van der Waals surface area contributed by atoms with Crippen LogP contribution in [0.2, 0.25) is 0 Å². The highest BCUT2D eigenvalue weighted by atomic mass is 16.5. The normalized spacial score (nSPS) is 10.2. The van der Waals surface area contributed by atoms with Crippen LogP contribution < -0.4 is 23.7 Å². The lowest BCUT2D eigenvalue weighted by Crippen LogP contribution is -1.90. The Morgan fingerprint density at radius 3 is 1.00 bits per heavy atom. The molecule has 0 fully saturated rings. The van der Waals surface area contributed by atoms with Gasteiger partial charge in [-0.25, -0.2) is 29.9 Å². The molecule has 0 radical (unpaired) electrons. The van der Waals surface area contributed by atoms with Crippen molar-refractivity contribution in [2.45, 2.75) is 55.4 Å². The Morgan fingerprint density at radius 1 is 0.165 bits per heavy atom. The molecular formula is C128H110N6O5. The molecule has 3 aromatic heterocycles. The maximum atomic E-state index is 5.97. The van der Waals surface area contributed by atoms with Crippen molar-refractivity contribution in [3.8, 4) is 147 Å². The number of para-hydroxylation sites is 5. The number of hydrogen-bond acceptors (Lipinski definition) is 11. The SMILES string of the molecule is Cc1c(Oc2ccccc2)cccc1-c1ccccc1.Cc1cc(-c2ccccc2)ccc1Oc1ccccc1.Cc1cc(Oc2ccccc2)cc(-c2ccccc2)c1.Cc1cc(Oc2ccccc2)ccc1-c1ccccc1.Cc1ccc(-c2ccccc2)cc1Oc1ccccc1.Cc1ccc(-c2cncnc2)cc1.Cc1ccc(-c2ncccn2)cc1.Cc1cnc(-c2ccccc2)nc1. The van der Waals surface area contributed by atoms with Crippen molar-refractivity contribution in [2.24, 2.45) is 0 Å². The fourth-order valence-corrected chi connectivity index (χ4v) is 14.6. The summed E-state index contributed by atoms with van der Waals surface area (Å²) >= 11 is 0. The molecule has 0 unspecified atom stereocenters. The van der Waals surface area contributed by atoms with E-state index in [1.807, 2.05) is 299 Å². The van der Waals surface area contributed by atoms with Crippen LogP contribution in [0.15, 0.2) is 523 Å². The molecule has 0 saturated heterocycles. The van der Waals surface area contributed by atoms with Gasteiger partial charge in [0, 0.05) is 53.9 Å². The Bertz CT molecular complexity index is 6950. The van der Waals surface area contributed by atoms with Crippen LogP contribution in [-0.2, 0) is 0 Å². The Morgan fingerprint density at radius 2 is 0.532 bits per heavy atom. The van der Waals surface area contributed by atoms with Crippen LogP contribution >= 0.6 is 0 Å². The molecule has 0 saturated carbocycles.